The first kappa shape index (κ1) is 15.2. The Morgan fingerprint density at radius 3 is 2.50 bits per heavy atom. The first-order valence-electron chi connectivity index (χ1n) is 8.08. The summed E-state index contributed by atoms with van der Waals surface area (Å²) in [6.45, 7) is 8.26. The minimum absolute atomic E-state index is 0.0205. The molecule has 3 atom stereocenters. The smallest absolute Gasteiger partial charge is 0.178 e. The maximum absolute atomic E-state index is 12.6. The molecule has 22 heavy (non-hydrogen) atoms. The van der Waals surface area contributed by atoms with E-state index in [1.165, 1.54) is 0 Å². The van der Waals surface area contributed by atoms with Crippen molar-refractivity contribution in [2.24, 2.45) is 22.2 Å². The molecule has 3 heteroatoms. The van der Waals surface area contributed by atoms with E-state index < -0.39 is 5.41 Å². The van der Waals surface area contributed by atoms with E-state index >= 15 is 0 Å². The number of carbonyl (C=O) groups excluding carboxylic acids is 2. The molecule has 0 saturated heterocycles. The molecule has 0 aliphatic heterocycles. The fraction of sp³-hybridized carbons (Fsp3) is 0.632. The molecule has 3 rings (SSSR count). The zero-order chi connectivity index (χ0) is 16.3. The summed E-state index contributed by atoms with van der Waals surface area (Å²) in [5.74, 6) is 0.273. The van der Waals surface area contributed by atoms with E-state index in [2.05, 4.69) is 19.9 Å². The average molecular weight is 297 g/mol. The predicted molar refractivity (Wildman–Crippen MR) is 83.7 cm³/mol. The number of carbonyl (C=O) groups is 2. The van der Waals surface area contributed by atoms with Crippen molar-refractivity contribution in [2.45, 2.75) is 53.4 Å². The summed E-state index contributed by atoms with van der Waals surface area (Å²) in [5, 5.41) is 9.39. The quantitative estimate of drug-likeness (QED) is 0.684. The van der Waals surface area contributed by atoms with Gasteiger partial charge < -0.3 is 0 Å². The first-order chi connectivity index (χ1) is 10.1. The van der Waals surface area contributed by atoms with Crippen LogP contribution in [-0.4, -0.2) is 11.6 Å². The van der Waals surface area contributed by atoms with E-state index in [0.717, 1.165) is 24.8 Å². The highest BCUT2D eigenvalue weighted by atomic mass is 16.1. The Bertz CT molecular complexity index is 676. The highest BCUT2D eigenvalue weighted by molar-refractivity contribution is 6.04. The van der Waals surface area contributed by atoms with Crippen LogP contribution in [0.25, 0.3) is 0 Å². The Kier molecular flexibility index (Phi) is 3.05. The van der Waals surface area contributed by atoms with Gasteiger partial charge in [-0.15, -0.1) is 0 Å². The third kappa shape index (κ3) is 1.79. The van der Waals surface area contributed by atoms with Gasteiger partial charge in [0.1, 0.15) is 6.07 Å². The highest BCUT2D eigenvalue weighted by Gasteiger charge is 2.58. The molecule has 0 unspecified atom stereocenters. The molecule has 0 amide bonds. The monoisotopic (exact) mass is 297 g/mol. The molecule has 3 aliphatic carbocycles. The van der Waals surface area contributed by atoms with Gasteiger partial charge in [-0.1, -0.05) is 39.3 Å². The van der Waals surface area contributed by atoms with E-state index in [-0.39, 0.29) is 33.9 Å². The van der Waals surface area contributed by atoms with Crippen LogP contribution in [0.5, 0.6) is 0 Å². The maximum Gasteiger partial charge on any atom is 0.178 e. The van der Waals surface area contributed by atoms with E-state index in [4.69, 9.17) is 0 Å². The Hall–Kier alpha value is -1.69. The van der Waals surface area contributed by atoms with Crippen molar-refractivity contribution in [3.63, 3.8) is 0 Å². The highest BCUT2D eigenvalue weighted by Crippen LogP contribution is 2.63. The molecule has 0 N–H and O–H groups in total. The first-order valence-corrected chi connectivity index (χ1v) is 8.08. The summed E-state index contributed by atoms with van der Waals surface area (Å²) < 4.78 is 0. The number of hydrogen-bond donors (Lipinski definition) is 0. The molecular formula is C19H23NO2. The second kappa shape index (κ2) is 4.41. The second-order valence-corrected chi connectivity index (χ2v) is 8.18. The van der Waals surface area contributed by atoms with Crippen LogP contribution in [0.3, 0.4) is 0 Å². The van der Waals surface area contributed by atoms with E-state index in [1.807, 2.05) is 26.0 Å². The van der Waals surface area contributed by atoms with Crippen LogP contribution < -0.4 is 0 Å². The normalized spacial score (nSPS) is 40.0. The van der Waals surface area contributed by atoms with Crippen LogP contribution in [0.2, 0.25) is 0 Å². The van der Waals surface area contributed by atoms with Crippen LogP contribution in [-0.2, 0) is 9.59 Å². The molecule has 0 aromatic carbocycles. The number of Topliss-reactive ketones (excluding diaryl/α,β-unsaturated/α-hetero) is 1. The van der Waals surface area contributed by atoms with Gasteiger partial charge in [0.25, 0.3) is 0 Å². The number of fused-ring (bicyclic) bond motifs is 3. The third-order valence-corrected chi connectivity index (χ3v) is 6.43. The Morgan fingerprint density at radius 2 is 1.86 bits per heavy atom. The maximum atomic E-state index is 12.6. The minimum atomic E-state index is -0.558. The van der Waals surface area contributed by atoms with Crippen LogP contribution in [0.1, 0.15) is 53.4 Å². The van der Waals surface area contributed by atoms with E-state index in [9.17, 15) is 14.9 Å². The van der Waals surface area contributed by atoms with Gasteiger partial charge in [-0.25, -0.2) is 0 Å². The van der Waals surface area contributed by atoms with Gasteiger partial charge in [0, 0.05) is 17.3 Å². The summed E-state index contributed by atoms with van der Waals surface area (Å²) in [6.07, 6.45) is 7.13. The molecule has 0 spiro atoms. The van der Waals surface area contributed by atoms with Crippen molar-refractivity contribution < 1.29 is 9.59 Å². The second-order valence-electron chi connectivity index (χ2n) is 8.18. The lowest BCUT2D eigenvalue weighted by Crippen LogP contribution is -2.53. The fourth-order valence-electron chi connectivity index (χ4n) is 5.20. The lowest BCUT2D eigenvalue weighted by molar-refractivity contribution is -0.130. The summed E-state index contributed by atoms with van der Waals surface area (Å²) in [5.41, 5.74) is 0.489. The van der Waals surface area contributed by atoms with E-state index in [0.29, 0.717) is 6.42 Å². The number of allylic oxidation sites excluding steroid dienone is 4. The lowest BCUT2D eigenvalue weighted by atomic mass is 9.45. The Morgan fingerprint density at radius 1 is 1.18 bits per heavy atom. The van der Waals surface area contributed by atoms with Crippen LogP contribution in [0.4, 0.5) is 0 Å². The van der Waals surface area contributed by atoms with Gasteiger partial charge in [0.2, 0.25) is 0 Å². The molecule has 0 aromatic heterocycles. The van der Waals surface area contributed by atoms with Crippen LogP contribution in [0, 0.1) is 33.5 Å². The molecule has 0 heterocycles. The number of rotatable bonds is 0. The van der Waals surface area contributed by atoms with Gasteiger partial charge in [0.05, 0.1) is 5.57 Å². The Balaban J connectivity index is 2.25. The van der Waals surface area contributed by atoms with Crippen molar-refractivity contribution in [3.8, 4) is 6.07 Å². The molecular weight excluding hydrogens is 274 g/mol. The van der Waals surface area contributed by atoms with Crippen LogP contribution in [0.15, 0.2) is 23.3 Å². The van der Waals surface area contributed by atoms with Crippen molar-refractivity contribution in [1.29, 1.82) is 5.26 Å². The Labute approximate surface area is 132 Å². The number of nitriles is 1. The predicted octanol–water partition coefficient (Wildman–Crippen LogP) is 3.76. The minimum Gasteiger partial charge on any atom is -0.295 e. The molecule has 3 nitrogen and oxygen atoms in total. The van der Waals surface area contributed by atoms with E-state index in [1.54, 1.807) is 0 Å². The molecule has 0 radical (unpaired) electrons. The average Bonchev–Trinajstić information content (AvgIpc) is 2.45. The van der Waals surface area contributed by atoms with Gasteiger partial charge in [0.15, 0.2) is 11.6 Å². The number of nitrogens with zero attached hydrogens (tertiary/aromatic N) is 1. The number of hydrogen-bond acceptors (Lipinski definition) is 3. The largest absolute Gasteiger partial charge is 0.295 e. The SMILES string of the molecule is CC1(C)C(=O)C(C#N)=C[C@@]2(C)C3=CC(=O)CC[C@@]3(C)CC[C@H]12. The molecule has 0 bridgehead atoms. The summed E-state index contributed by atoms with van der Waals surface area (Å²) in [4.78, 5) is 24.6. The van der Waals surface area contributed by atoms with Crippen molar-refractivity contribution >= 4 is 11.6 Å². The van der Waals surface area contributed by atoms with Crippen LogP contribution >= 0.6 is 0 Å². The molecule has 1 saturated carbocycles. The van der Waals surface area contributed by atoms with Gasteiger partial charge in [-0.3, -0.25) is 9.59 Å². The molecule has 3 aliphatic rings. The van der Waals surface area contributed by atoms with Gasteiger partial charge in [-0.05, 0) is 36.7 Å². The standard InChI is InChI=1S/C19H23NO2/c1-17(2)14-6-8-18(3)7-5-13(21)9-15(18)19(14,4)10-12(11-20)16(17)22/h9-10,14H,5-8H2,1-4H3/t14-,18+,19-/m1/s1. The molecule has 116 valence electrons. The van der Waals surface area contributed by atoms with Crippen molar-refractivity contribution in [1.82, 2.24) is 0 Å². The summed E-state index contributed by atoms with van der Waals surface area (Å²) in [7, 11) is 0. The zero-order valence-corrected chi connectivity index (χ0v) is 13.8. The third-order valence-electron chi connectivity index (χ3n) is 6.43. The lowest BCUT2D eigenvalue weighted by Gasteiger charge is -2.57. The zero-order valence-electron chi connectivity index (χ0n) is 13.8. The van der Waals surface area contributed by atoms with Crippen molar-refractivity contribution in [2.75, 3.05) is 0 Å². The molecule has 0 aromatic rings. The summed E-state index contributed by atoms with van der Waals surface area (Å²) >= 11 is 0. The fourth-order valence-corrected chi connectivity index (χ4v) is 5.20. The van der Waals surface area contributed by atoms with Gasteiger partial charge >= 0.3 is 0 Å². The summed E-state index contributed by atoms with van der Waals surface area (Å²) in [6, 6.07) is 2.09. The topological polar surface area (TPSA) is 57.9 Å². The molecule has 1 fully saturated rings. The van der Waals surface area contributed by atoms with Crippen molar-refractivity contribution in [3.05, 3.63) is 23.3 Å². The number of ketones is 2. The van der Waals surface area contributed by atoms with Gasteiger partial charge in [-0.2, -0.15) is 5.26 Å².